The molecule has 1 saturated carbocycles. The van der Waals surface area contributed by atoms with Crippen molar-refractivity contribution < 1.29 is 9.50 Å². The first-order chi connectivity index (χ1) is 14.6. The standard InChI is InChI=1S/C20H25FN8O/c21-12-2-1-3-15(10-12)27-20(30)26-14-6-4-13(5-7-14)25-19-23-9-8-17(28-19)16-11-24-29-18(16)22/h1-3,8-11,13-14,20,26-27,30H,4-7H2,(H3,22,24,29)(H,23,25,28). The van der Waals surface area contributed by atoms with E-state index in [1.54, 1.807) is 30.6 Å². The van der Waals surface area contributed by atoms with Crippen LogP contribution >= 0.6 is 0 Å². The second kappa shape index (κ2) is 9.06. The summed E-state index contributed by atoms with van der Waals surface area (Å²) < 4.78 is 13.3. The summed E-state index contributed by atoms with van der Waals surface area (Å²) in [5.41, 5.74) is 7.85. The van der Waals surface area contributed by atoms with Gasteiger partial charge in [-0.25, -0.2) is 14.4 Å². The van der Waals surface area contributed by atoms with Crippen LogP contribution in [0.25, 0.3) is 11.3 Å². The van der Waals surface area contributed by atoms with Gasteiger partial charge in [-0.15, -0.1) is 0 Å². The molecule has 30 heavy (non-hydrogen) atoms. The topological polar surface area (TPSA) is 137 Å². The van der Waals surface area contributed by atoms with Gasteiger partial charge in [0.15, 0.2) is 6.35 Å². The number of aliphatic hydroxyl groups is 1. The molecule has 9 nitrogen and oxygen atoms in total. The predicted molar refractivity (Wildman–Crippen MR) is 113 cm³/mol. The normalized spacial score (nSPS) is 19.9. The molecule has 1 aromatic carbocycles. The minimum absolute atomic E-state index is 0.164. The van der Waals surface area contributed by atoms with E-state index in [4.69, 9.17) is 5.73 Å². The van der Waals surface area contributed by atoms with Crippen LogP contribution in [0, 0.1) is 5.82 Å². The van der Waals surface area contributed by atoms with Gasteiger partial charge in [-0.3, -0.25) is 10.4 Å². The molecule has 3 aromatic rings. The second-order valence-electron chi connectivity index (χ2n) is 7.38. The lowest BCUT2D eigenvalue weighted by atomic mass is 9.91. The number of aromatic amines is 1. The summed E-state index contributed by atoms with van der Waals surface area (Å²) in [5, 5.41) is 26.2. The molecule has 1 unspecified atom stereocenters. The molecule has 2 aromatic heterocycles. The Kier molecular flexibility index (Phi) is 6.05. The number of aromatic nitrogens is 4. The molecule has 1 aliphatic rings. The van der Waals surface area contributed by atoms with Gasteiger partial charge in [-0.1, -0.05) is 6.07 Å². The average molecular weight is 412 g/mol. The molecule has 0 spiro atoms. The van der Waals surface area contributed by atoms with Crippen LogP contribution in [0.3, 0.4) is 0 Å². The van der Waals surface area contributed by atoms with Gasteiger partial charge in [-0.05, 0) is 49.9 Å². The van der Waals surface area contributed by atoms with Gasteiger partial charge >= 0.3 is 0 Å². The third-order valence-electron chi connectivity index (χ3n) is 5.18. The highest BCUT2D eigenvalue weighted by Gasteiger charge is 2.23. The number of nitrogens with zero attached hydrogens (tertiary/aromatic N) is 3. The fourth-order valence-electron chi connectivity index (χ4n) is 3.67. The van der Waals surface area contributed by atoms with Gasteiger partial charge in [-0.2, -0.15) is 5.10 Å². The van der Waals surface area contributed by atoms with Crippen LogP contribution in [-0.2, 0) is 0 Å². The molecule has 7 N–H and O–H groups in total. The molecule has 10 heteroatoms. The van der Waals surface area contributed by atoms with Gasteiger partial charge in [0.1, 0.15) is 11.6 Å². The molecule has 2 heterocycles. The lowest BCUT2D eigenvalue weighted by Gasteiger charge is -2.31. The third kappa shape index (κ3) is 5.02. The number of benzene rings is 1. The number of nitrogens with two attached hydrogens (primary N) is 1. The van der Waals surface area contributed by atoms with E-state index >= 15 is 0 Å². The fraction of sp³-hybridized carbons (Fsp3) is 0.350. The molecule has 1 fully saturated rings. The monoisotopic (exact) mass is 412 g/mol. The van der Waals surface area contributed by atoms with Crippen LogP contribution in [0.2, 0.25) is 0 Å². The largest absolute Gasteiger partial charge is 0.384 e. The van der Waals surface area contributed by atoms with E-state index in [9.17, 15) is 9.50 Å². The van der Waals surface area contributed by atoms with E-state index in [2.05, 4.69) is 36.1 Å². The van der Waals surface area contributed by atoms with Crippen molar-refractivity contribution in [2.75, 3.05) is 16.4 Å². The van der Waals surface area contributed by atoms with Crippen LogP contribution in [-0.4, -0.2) is 43.7 Å². The van der Waals surface area contributed by atoms with Crippen molar-refractivity contribution in [3.63, 3.8) is 0 Å². The molecule has 0 radical (unpaired) electrons. The maximum absolute atomic E-state index is 13.3. The first-order valence-corrected chi connectivity index (χ1v) is 9.92. The average Bonchev–Trinajstić information content (AvgIpc) is 3.16. The maximum atomic E-state index is 13.3. The van der Waals surface area contributed by atoms with Gasteiger partial charge < -0.3 is 21.5 Å². The minimum Gasteiger partial charge on any atom is -0.384 e. The van der Waals surface area contributed by atoms with Crippen LogP contribution < -0.4 is 21.7 Å². The molecular formula is C20H25FN8O. The van der Waals surface area contributed by atoms with Crippen LogP contribution in [0.1, 0.15) is 25.7 Å². The summed E-state index contributed by atoms with van der Waals surface area (Å²) in [4.78, 5) is 8.84. The lowest BCUT2D eigenvalue weighted by molar-refractivity contribution is 0.137. The molecule has 0 bridgehead atoms. The Morgan fingerprint density at radius 3 is 2.70 bits per heavy atom. The molecule has 0 amide bonds. The molecular weight excluding hydrogens is 387 g/mol. The number of nitrogens with one attached hydrogen (secondary N) is 4. The summed E-state index contributed by atoms with van der Waals surface area (Å²) in [7, 11) is 0. The van der Waals surface area contributed by atoms with Crippen molar-refractivity contribution in [2.45, 2.75) is 44.1 Å². The highest BCUT2D eigenvalue weighted by Crippen LogP contribution is 2.24. The predicted octanol–water partition coefficient (Wildman–Crippen LogP) is 2.29. The Morgan fingerprint density at radius 1 is 1.17 bits per heavy atom. The number of aliphatic hydroxyl groups excluding tert-OH is 1. The minimum atomic E-state index is -0.943. The number of halogens is 1. The molecule has 1 atom stereocenters. The zero-order chi connectivity index (χ0) is 20.9. The van der Waals surface area contributed by atoms with Crippen molar-refractivity contribution in [3.05, 3.63) is 48.5 Å². The number of anilines is 3. The van der Waals surface area contributed by atoms with E-state index in [1.807, 2.05) is 0 Å². The number of nitrogen functional groups attached to an aromatic ring is 1. The first kappa shape index (κ1) is 20.0. The number of hydrogen-bond donors (Lipinski definition) is 6. The lowest BCUT2D eigenvalue weighted by Crippen LogP contribution is -2.45. The molecule has 4 rings (SSSR count). The number of H-pyrrole nitrogens is 1. The Morgan fingerprint density at radius 2 is 1.97 bits per heavy atom. The third-order valence-corrected chi connectivity index (χ3v) is 5.18. The van der Waals surface area contributed by atoms with Crippen molar-refractivity contribution in [1.82, 2.24) is 25.5 Å². The van der Waals surface area contributed by atoms with Gasteiger partial charge in [0.25, 0.3) is 0 Å². The highest BCUT2D eigenvalue weighted by molar-refractivity contribution is 5.70. The van der Waals surface area contributed by atoms with E-state index in [1.165, 1.54) is 12.1 Å². The number of rotatable bonds is 7. The quantitative estimate of drug-likeness (QED) is 0.325. The SMILES string of the molecule is Nc1[nH]ncc1-c1ccnc(NC2CCC(NC(O)Nc3cccc(F)c3)CC2)n1. The Balaban J connectivity index is 1.26. The maximum Gasteiger partial charge on any atom is 0.223 e. The summed E-state index contributed by atoms with van der Waals surface area (Å²) >= 11 is 0. The zero-order valence-electron chi connectivity index (χ0n) is 16.3. The van der Waals surface area contributed by atoms with Crippen LogP contribution in [0.5, 0.6) is 0 Å². The summed E-state index contributed by atoms with van der Waals surface area (Å²) in [5.74, 6) is 0.675. The summed E-state index contributed by atoms with van der Waals surface area (Å²) in [6.45, 7) is 0. The van der Waals surface area contributed by atoms with Gasteiger partial charge in [0.05, 0.1) is 17.5 Å². The fourth-order valence-corrected chi connectivity index (χ4v) is 3.67. The Labute approximate surface area is 173 Å². The van der Waals surface area contributed by atoms with E-state index in [0.717, 1.165) is 31.2 Å². The summed E-state index contributed by atoms with van der Waals surface area (Å²) in [6, 6.07) is 8.21. The number of hydrogen-bond acceptors (Lipinski definition) is 8. The summed E-state index contributed by atoms with van der Waals surface area (Å²) in [6.07, 6.45) is 5.97. The van der Waals surface area contributed by atoms with Crippen molar-refractivity contribution in [3.8, 4) is 11.3 Å². The van der Waals surface area contributed by atoms with Crippen molar-refractivity contribution in [1.29, 1.82) is 0 Å². The van der Waals surface area contributed by atoms with Crippen LogP contribution in [0.4, 0.5) is 21.8 Å². The van der Waals surface area contributed by atoms with E-state index in [0.29, 0.717) is 23.1 Å². The highest BCUT2D eigenvalue weighted by atomic mass is 19.1. The smallest absolute Gasteiger partial charge is 0.223 e. The van der Waals surface area contributed by atoms with Gasteiger partial charge in [0.2, 0.25) is 5.95 Å². The molecule has 0 aliphatic heterocycles. The first-order valence-electron chi connectivity index (χ1n) is 9.92. The van der Waals surface area contributed by atoms with Crippen LogP contribution in [0.15, 0.2) is 42.7 Å². The van der Waals surface area contributed by atoms with Crippen molar-refractivity contribution >= 4 is 17.5 Å². The Hall–Kier alpha value is -3.24. The van der Waals surface area contributed by atoms with Crippen molar-refractivity contribution in [2.24, 2.45) is 0 Å². The molecule has 158 valence electrons. The second-order valence-corrected chi connectivity index (χ2v) is 7.38. The molecule has 1 aliphatic carbocycles. The Bertz CT molecular complexity index is 973. The van der Waals surface area contributed by atoms with Gasteiger partial charge in [0, 0.05) is 24.0 Å². The van der Waals surface area contributed by atoms with E-state index in [-0.39, 0.29) is 17.9 Å². The van der Waals surface area contributed by atoms with E-state index < -0.39 is 6.35 Å². The molecule has 0 saturated heterocycles. The zero-order valence-corrected chi connectivity index (χ0v) is 16.3.